The molecule has 1 unspecified atom stereocenters. The quantitative estimate of drug-likeness (QED) is 0.653. The molecular weight excluding hydrogens is 194 g/mol. The van der Waals surface area contributed by atoms with Crippen molar-refractivity contribution in [3.05, 3.63) is 23.9 Å². The van der Waals surface area contributed by atoms with E-state index in [-0.39, 0.29) is 6.10 Å². The van der Waals surface area contributed by atoms with Gasteiger partial charge in [-0.3, -0.25) is 4.79 Å². The van der Waals surface area contributed by atoms with Crippen LogP contribution in [0.4, 0.5) is 5.82 Å². The number of pyridine rings is 1. The lowest BCUT2D eigenvalue weighted by Gasteiger charge is -2.06. The third kappa shape index (κ3) is 3.95. The zero-order valence-electron chi connectivity index (χ0n) is 8.60. The number of carbonyl (C=O) groups excluding carboxylic acids is 1. The van der Waals surface area contributed by atoms with Crippen molar-refractivity contribution in [1.82, 2.24) is 4.98 Å². The summed E-state index contributed by atoms with van der Waals surface area (Å²) in [6, 6.07) is 3.29. The van der Waals surface area contributed by atoms with Crippen LogP contribution in [0, 0.1) is 0 Å². The van der Waals surface area contributed by atoms with Gasteiger partial charge in [0.1, 0.15) is 5.82 Å². The fraction of sp³-hybridized carbons (Fsp3) is 0.400. The molecule has 5 nitrogen and oxygen atoms in total. The zero-order chi connectivity index (χ0) is 11.3. The predicted molar refractivity (Wildman–Crippen MR) is 57.5 cm³/mol. The molecule has 4 N–H and O–H groups in total. The van der Waals surface area contributed by atoms with Gasteiger partial charge in [0, 0.05) is 12.7 Å². The molecule has 0 saturated heterocycles. The molecule has 0 aliphatic rings. The molecule has 1 atom stereocenters. The Morgan fingerprint density at radius 3 is 2.87 bits per heavy atom. The lowest BCUT2D eigenvalue weighted by molar-refractivity contribution is 0.1000. The SMILES string of the molecule is CC(O)CCNc1ccc(C(N)=O)cn1. The summed E-state index contributed by atoms with van der Waals surface area (Å²) in [6.07, 6.45) is 1.74. The van der Waals surface area contributed by atoms with Gasteiger partial charge >= 0.3 is 0 Å². The number of nitrogens with one attached hydrogen (secondary N) is 1. The van der Waals surface area contributed by atoms with Crippen LogP contribution < -0.4 is 11.1 Å². The van der Waals surface area contributed by atoms with Crippen LogP contribution in [0.3, 0.4) is 0 Å². The molecule has 0 aromatic carbocycles. The van der Waals surface area contributed by atoms with Gasteiger partial charge in [-0.15, -0.1) is 0 Å². The van der Waals surface area contributed by atoms with Crippen LogP contribution in [0.25, 0.3) is 0 Å². The highest BCUT2D eigenvalue weighted by atomic mass is 16.3. The first-order valence-electron chi connectivity index (χ1n) is 4.77. The van der Waals surface area contributed by atoms with Gasteiger partial charge in [0.05, 0.1) is 11.7 Å². The Bertz CT molecular complexity index is 322. The van der Waals surface area contributed by atoms with Crippen molar-refractivity contribution in [1.29, 1.82) is 0 Å². The molecule has 0 aliphatic heterocycles. The first-order valence-corrected chi connectivity index (χ1v) is 4.77. The lowest BCUT2D eigenvalue weighted by atomic mass is 10.2. The van der Waals surface area contributed by atoms with Gasteiger partial charge in [-0.1, -0.05) is 0 Å². The monoisotopic (exact) mass is 209 g/mol. The number of aliphatic hydroxyl groups excluding tert-OH is 1. The van der Waals surface area contributed by atoms with E-state index in [0.717, 1.165) is 0 Å². The van der Waals surface area contributed by atoms with Gasteiger partial charge in [-0.2, -0.15) is 0 Å². The number of primary amides is 1. The number of aliphatic hydroxyl groups is 1. The van der Waals surface area contributed by atoms with E-state index in [1.807, 2.05) is 0 Å². The van der Waals surface area contributed by atoms with Crippen LogP contribution in [0.1, 0.15) is 23.7 Å². The highest BCUT2D eigenvalue weighted by Gasteiger charge is 2.00. The molecule has 0 bridgehead atoms. The number of aromatic nitrogens is 1. The van der Waals surface area contributed by atoms with E-state index in [0.29, 0.717) is 24.3 Å². The van der Waals surface area contributed by atoms with Gasteiger partial charge in [-0.25, -0.2) is 4.98 Å². The lowest BCUT2D eigenvalue weighted by Crippen LogP contribution is -2.13. The molecule has 1 amide bonds. The Morgan fingerprint density at radius 2 is 2.40 bits per heavy atom. The minimum atomic E-state index is -0.488. The maximum atomic E-state index is 10.7. The summed E-state index contributed by atoms with van der Waals surface area (Å²) in [6.45, 7) is 2.37. The van der Waals surface area contributed by atoms with Crippen molar-refractivity contribution in [2.24, 2.45) is 5.73 Å². The minimum Gasteiger partial charge on any atom is -0.393 e. The fourth-order valence-corrected chi connectivity index (χ4v) is 1.05. The average Bonchev–Trinajstić information content (AvgIpc) is 2.18. The normalized spacial score (nSPS) is 12.1. The molecule has 0 radical (unpaired) electrons. The van der Waals surface area contributed by atoms with Crippen LogP contribution in [-0.4, -0.2) is 28.6 Å². The summed E-state index contributed by atoms with van der Waals surface area (Å²) >= 11 is 0. The summed E-state index contributed by atoms with van der Waals surface area (Å²) < 4.78 is 0. The molecule has 1 aromatic heterocycles. The molecule has 0 saturated carbocycles. The summed E-state index contributed by atoms with van der Waals surface area (Å²) in [7, 11) is 0. The summed E-state index contributed by atoms with van der Waals surface area (Å²) in [5.41, 5.74) is 5.46. The molecule has 0 spiro atoms. The number of nitrogens with two attached hydrogens (primary N) is 1. The third-order valence-electron chi connectivity index (χ3n) is 1.92. The maximum Gasteiger partial charge on any atom is 0.250 e. The summed E-state index contributed by atoms with van der Waals surface area (Å²) in [5.74, 6) is 0.179. The molecular formula is C10H15N3O2. The highest BCUT2D eigenvalue weighted by Crippen LogP contribution is 2.04. The highest BCUT2D eigenvalue weighted by molar-refractivity contribution is 5.92. The van der Waals surface area contributed by atoms with E-state index in [1.165, 1.54) is 6.20 Å². The van der Waals surface area contributed by atoms with Crippen LogP contribution in [0.2, 0.25) is 0 Å². The Balaban J connectivity index is 2.46. The molecule has 1 heterocycles. The third-order valence-corrected chi connectivity index (χ3v) is 1.92. The Labute approximate surface area is 88.3 Å². The maximum absolute atomic E-state index is 10.7. The number of nitrogens with zero attached hydrogens (tertiary/aromatic N) is 1. The molecule has 1 rings (SSSR count). The van der Waals surface area contributed by atoms with Crippen molar-refractivity contribution in [2.45, 2.75) is 19.4 Å². The Hall–Kier alpha value is -1.62. The molecule has 82 valence electrons. The molecule has 0 fully saturated rings. The topological polar surface area (TPSA) is 88.2 Å². The minimum absolute atomic E-state index is 0.331. The van der Waals surface area contributed by atoms with Crippen molar-refractivity contribution in [2.75, 3.05) is 11.9 Å². The van der Waals surface area contributed by atoms with E-state index in [9.17, 15) is 4.79 Å². The fourth-order valence-electron chi connectivity index (χ4n) is 1.05. The molecule has 5 heteroatoms. The molecule has 1 aromatic rings. The molecule has 15 heavy (non-hydrogen) atoms. The standard InChI is InChI=1S/C10H15N3O2/c1-7(14)4-5-12-9-3-2-8(6-13-9)10(11)15/h2-3,6-7,14H,4-5H2,1H3,(H2,11,15)(H,12,13). The number of rotatable bonds is 5. The van der Waals surface area contributed by atoms with Crippen LogP contribution >= 0.6 is 0 Å². The van der Waals surface area contributed by atoms with Crippen molar-refractivity contribution < 1.29 is 9.90 Å². The number of hydrogen-bond donors (Lipinski definition) is 3. The largest absolute Gasteiger partial charge is 0.393 e. The zero-order valence-corrected chi connectivity index (χ0v) is 8.60. The summed E-state index contributed by atoms with van der Waals surface area (Å²) in [4.78, 5) is 14.7. The van der Waals surface area contributed by atoms with Crippen molar-refractivity contribution in [3.63, 3.8) is 0 Å². The van der Waals surface area contributed by atoms with Gasteiger partial charge in [0.2, 0.25) is 5.91 Å². The van der Waals surface area contributed by atoms with Crippen molar-refractivity contribution in [3.8, 4) is 0 Å². The smallest absolute Gasteiger partial charge is 0.250 e. The van der Waals surface area contributed by atoms with Gasteiger partial charge in [-0.05, 0) is 25.5 Å². The Kier molecular flexibility index (Phi) is 4.05. The predicted octanol–water partition coefficient (Wildman–Crippen LogP) is 0.363. The van der Waals surface area contributed by atoms with Crippen LogP contribution in [0.5, 0.6) is 0 Å². The van der Waals surface area contributed by atoms with Gasteiger partial charge in [0.15, 0.2) is 0 Å². The second-order valence-electron chi connectivity index (χ2n) is 3.36. The second-order valence-corrected chi connectivity index (χ2v) is 3.36. The van der Waals surface area contributed by atoms with E-state index >= 15 is 0 Å². The average molecular weight is 209 g/mol. The molecule has 0 aliphatic carbocycles. The Morgan fingerprint density at radius 1 is 1.67 bits per heavy atom. The van der Waals surface area contributed by atoms with Crippen LogP contribution in [-0.2, 0) is 0 Å². The first kappa shape index (κ1) is 11.5. The number of hydrogen-bond acceptors (Lipinski definition) is 4. The van der Waals surface area contributed by atoms with E-state index in [1.54, 1.807) is 19.1 Å². The van der Waals surface area contributed by atoms with E-state index in [2.05, 4.69) is 10.3 Å². The number of amides is 1. The first-order chi connectivity index (χ1) is 7.09. The van der Waals surface area contributed by atoms with E-state index < -0.39 is 5.91 Å². The summed E-state index contributed by atoms with van der Waals surface area (Å²) in [5, 5.41) is 12.0. The van der Waals surface area contributed by atoms with Gasteiger partial charge in [0.25, 0.3) is 0 Å². The number of carbonyl (C=O) groups is 1. The van der Waals surface area contributed by atoms with Gasteiger partial charge < -0.3 is 16.2 Å². The van der Waals surface area contributed by atoms with E-state index in [4.69, 9.17) is 10.8 Å². The van der Waals surface area contributed by atoms with Crippen molar-refractivity contribution >= 4 is 11.7 Å². The van der Waals surface area contributed by atoms with Crippen LogP contribution in [0.15, 0.2) is 18.3 Å². The number of anilines is 1. The second kappa shape index (κ2) is 5.31.